The van der Waals surface area contributed by atoms with Crippen LogP contribution in [0.4, 0.5) is 0 Å². The van der Waals surface area contributed by atoms with Gasteiger partial charge in [-0.25, -0.2) is 0 Å². The van der Waals surface area contributed by atoms with Crippen LogP contribution in [-0.2, 0) is 6.54 Å². The Kier molecular flexibility index (Phi) is 3.42. The summed E-state index contributed by atoms with van der Waals surface area (Å²) in [5.74, 6) is 1.29. The number of hydrogen-bond donors (Lipinski definition) is 1. The van der Waals surface area contributed by atoms with Crippen LogP contribution in [0.3, 0.4) is 0 Å². The van der Waals surface area contributed by atoms with Crippen LogP contribution >= 0.6 is 0 Å². The second kappa shape index (κ2) is 5.09. The normalized spacial score (nSPS) is 30.8. The van der Waals surface area contributed by atoms with E-state index < -0.39 is 0 Å². The molecule has 2 heterocycles. The van der Waals surface area contributed by atoms with E-state index in [0.717, 1.165) is 32.6 Å². The number of nitrogens with zero attached hydrogens (tertiary/aromatic N) is 3. The summed E-state index contributed by atoms with van der Waals surface area (Å²) < 4.78 is 0. The second-order valence-electron chi connectivity index (χ2n) is 6.26. The lowest BCUT2D eigenvalue weighted by Crippen LogP contribution is -2.61. The van der Waals surface area contributed by atoms with Crippen molar-refractivity contribution in [2.75, 3.05) is 26.7 Å². The van der Waals surface area contributed by atoms with E-state index in [4.69, 9.17) is 5.73 Å². The maximum atomic E-state index is 6.19. The third-order valence-corrected chi connectivity index (χ3v) is 4.94. The highest BCUT2D eigenvalue weighted by atomic mass is 15.4. The number of guanidine groups is 1. The molecule has 3 rings (SSSR count). The van der Waals surface area contributed by atoms with E-state index in [9.17, 15) is 0 Å². The summed E-state index contributed by atoms with van der Waals surface area (Å²) in [5, 5.41) is 0. The number of hydrogen-bond acceptors (Lipinski definition) is 4. The van der Waals surface area contributed by atoms with Crippen molar-refractivity contribution < 1.29 is 0 Å². The molecular formula is C16H24N4. The molecule has 2 unspecified atom stereocenters. The van der Waals surface area contributed by atoms with Crippen LogP contribution in [0.5, 0.6) is 0 Å². The molecular weight excluding hydrogens is 248 g/mol. The van der Waals surface area contributed by atoms with Crippen LogP contribution < -0.4 is 5.73 Å². The monoisotopic (exact) mass is 272 g/mol. The van der Waals surface area contributed by atoms with Gasteiger partial charge in [-0.05, 0) is 24.9 Å². The summed E-state index contributed by atoms with van der Waals surface area (Å²) in [5.41, 5.74) is 7.61. The van der Waals surface area contributed by atoms with Crippen LogP contribution in [0.25, 0.3) is 0 Å². The van der Waals surface area contributed by atoms with Gasteiger partial charge in [0.2, 0.25) is 0 Å². The summed E-state index contributed by atoms with van der Waals surface area (Å²) >= 11 is 0. The first kappa shape index (κ1) is 13.4. The van der Waals surface area contributed by atoms with E-state index in [0.29, 0.717) is 11.9 Å². The van der Waals surface area contributed by atoms with E-state index in [1.165, 1.54) is 5.56 Å². The van der Waals surface area contributed by atoms with Crippen molar-refractivity contribution in [1.29, 1.82) is 0 Å². The predicted molar refractivity (Wildman–Crippen MR) is 82.5 cm³/mol. The van der Waals surface area contributed by atoms with Gasteiger partial charge in [0.15, 0.2) is 5.96 Å². The van der Waals surface area contributed by atoms with Gasteiger partial charge in [-0.1, -0.05) is 37.3 Å². The van der Waals surface area contributed by atoms with Crippen molar-refractivity contribution in [1.82, 2.24) is 9.80 Å². The van der Waals surface area contributed by atoms with E-state index in [1.54, 1.807) is 0 Å². The van der Waals surface area contributed by atoms with Crippen LogP contribution in [0.1, 0.15) is 18.9 Å². The molecule has 0 aliphatic carbocycles. The van der Waals surface area contributed by atoms with E-state index >= 15 is 0 Å². The minimum atomic E-state index is 0.117. The summed E-state index contributed by atoms with van der Waals surface area (Å²) in [6, 6.07) is 10.6. The van der Waals surface area contributed by atoms with Gasteiger partial charge in [-0.3, -0.25) is 4.99 Å². The molecule has 0 radical (unpaired) electrons. The maximum Gasteiger partial charge on any atom is 0.192 e. The quantitative estimate of drug-likeness (QED) is 0.888. The molecule has 4 heteroatoms. The van der Waals surface area contributed by atoms with Gasteiger partial charge in [0, 0.05) is 19.6 Å². The number of aliphatic imine (C=N–C) groups is 1. The number of piperidine rings is 1. The Labute approximate surface area is 121 Å². The number of benzene rings is 1. The van der Waals surface area contributed by atoms with Gasteiger partial charge in [-0.2, -0.15) is 0 Å². The summed E-state index contributed by atoms with van der Waals surface area (Å²) in [7, 11) is 2.20. The van der Waals surface area contributed by atoms with E-state index in [1.807, 2.05) is 0 Å². The third kappa shape index (κ3) is 2.18. The molecule has 0 aromatic heterocycles. The molecule has 1 aromatic rings. The second-order valence-corrected chi connectivity index (χ2v) is 6.26. The third-order valence-electron chi connectivity index (χ3n) is 4.94. The zero-order valence-electron chi connectivity index (χ0n) is 12.4. The molecule has 2 atom stereocenters. The Morgan fingerprint density at radius 2 is 2.10 bits per heavy atom. The SMILES string of the molecule is CC1CN(C)CCC12CN=C(N)N2Cc1ccccc1. The lowest BCUT2D eigenvalue weighted by Gasteiger charge is -2.49. The molecule has 108 valence electrons. The molecule has 1 fully saturated rings. The molecule has 0 bridgehead atoms. The van der Waals surface area contributed by atoms with Gasteiger partial charge in [0.05, 0.1) is 12.1 Å². The first-order valence-electron chi connectivity index (χ1n) is 7.42. The molecule has 4 nitrogen and oxygen atoms in total. The highest BCUT2D eigenvalue weighted by Crippen LogP contribution is 2.37. The summed E-state index contributed by atoms with van der Waals surface area (Å²) in [4.78, 5) is 9.32. The van der Waals surface area contributed by atoms with Crippen molar-refractivity contribution in [2.45, 2.75) is 25.4 Å². The molecule has 1 aromatic carbocycles. The fraction of sp³-hybridized carbons (Fsp3) is 0.562. The van der Waals surface area contributed by atoms with Gasteiger partial charge >= 0.3 is 0 Å². The van der Waals surface area contributed by atoms with Crippen LogP contribution in [0.2, 0.25) is 0 Å². The van der Waals surface area contributed by atoms with Crippen molar-refractivity contribution in [2.24, 2.45) is 16.6 Å². The summed E-state index contributed by atoms with van der Waals surface area (Å²) in [6.07, 6.45) is 1.14. The minimum absolute atomic E-state index is 0.117. The Balaban J connectivity index is 1.85. The first-order valence-corrected chi connectivity index (χ1v) is 7.42. The van der Waals surface area contributed by atoms with Crippen molar-refractivity contribution in [3.8, 4) is 0 Å². The Morgan fingerprint density at radius 1 is 1.35 bits per heavy atom. The zero-order chi connectivity index (χ0) is 14.2. The van der Waals surface area contributed by atoms with Gasteiger partial charge in [0.1, 0.15) is 0 Å². The van der Waals surface area contributed by atoms with Crippen LogP contribution in [0, 0.1) is 5.92 Å². The molecule has 1 saturated heterocycles. The van der Waals surface area contributed by atoms with Crippen molar-refractivity contribution >= 4 is 5.96 Å². The largest absolute Gasteiger partial charge is 0.370 e. The summed E-state index contributed by atoms with van der Waals surface area (Å²) in [6.45, 7) is 6.29. The topological polar surface area (TPSA) is 44.9 Å². The predicted octanol–water partition coefficient (Wildman–Crippen LogP) is 1.53. The smallest absolute Gasteiger partial charge is 0.192 e. The van der Waals surface area contributed by atoms with Crippen LogP contribution in [0.15, 0.2) is 35.3 Å². The molecule has 0 saturated carbocycles. The molecule has 1 spiro atoms. The molecule has 2 N–H and O–H groups in total. The number of rotatable bonds is 2. The standard InChI is InChI=1S/C16H24N4/c1-13-10-19(2)9-8-16(13)12-18-15(17)20(16)11-14-6-4-3-5-7-14/h3-7,13H,8-12H2,1-2H3,(H2,17,18). The number of likely N-dealkylation sites (tertiary alicyclic amines) is 1. The highest BCUT2D eigenvalue weighted by Gasteiger charge is 2.48. The molecule has 2 aliphatic heterocycles. The lowest BCUT2D eigenvalue weighted by molar-refractivity contribution is 0.0405. The molecule has 0 amide bonds. The Morgan fingerprint density at radius 3 is 2.80 bits per heavy atom. The van der Waals surface area contributed by atoms with Gasteiger partial charge in [0.25, 0.3) is 0 Å². The van der Waals surface area contributed by atoms with Gasteiger partial charge < -0.3 is 15.5 Å². The van der Waals surface area contributed by atoms with Gasteiger partial charge in [-0.15, -0.1) is 0 Å². The fourth-order valence-corrected chi connectivity index (χ4v) is 3.62. The van der Waals surface area contributed by atoms with Crippen LogP contribution in [-0.4, -0.2) is 48.0 Å². The molecule has 20 heavy (non-hydrogen) atoms. The fourth-order valence-electron chi connectivity index (χ4n) is 3.62. The molecule has 2 aliphatic rings. The average Bonchev–Trinajstić information content (AvgIpc) is 2.75. The van der Waals surface area contributed by atoms with E-state index in [2.05, 4.69) is 59.1 Å². The Bertz CT molecular complexity index is 498. The Hall–Kier alpha value is -1.55. The maximum absolute atomic E-state index is 6.19. The average molecular weight is 272 g/mol. The van der Waals surface area contributed by atoms with E-state index in [-0.39, 0.29) is 5.54 Å². The van der Waals surface area contributed by atoms with Crippen molar-refractivity contribution in [3.05, 3.63) is 35.9 Å². The highest BCUT2D eigenvalue weighted by molar-refractivity contribution is 5.81. The van der Waals surface area contributed by atoms with Crippen molar-refractivity contribution in [3.63, 3.8) is 0 Å². The zero-order valence-corrected chi connectivity index (χ0v) is 12.4. The number of nitrogens with two attached hydrogens (primary N) is 1. The first-order chi connectivity index (χ1) is 9.62. The minimum Gasteiger partial charge on any atom is -0.370 e. The lowest BCUT2D eigenvalue weighted by atomic mass is 9.78.